The summed E-state index contributed by atoms with van der Waals surface area (Å²) in [6.45, 7) is 7.63. The topological polar surface area (TPSA) is 47.3 Å². The molecule has 0 spiro atoms. The monoisotopic (exact) mass is 469 g/mol. The van der Waals surface area contributed by atoms with Gasteiger partial charge in [0, 0.05) is 64.8 Å². The van der Waals surface area contributed by atoms with Crippen LogP contribution in [-0.2, 0) is 6.54 Å². The number of furan rings is 1. The Hall–Kier alpha value is -1.32. The van der Waals surface area contributed by atoms with Gasteiger partial charge in [0.05, 0.1) is 6.54 Å². The van der Waals surface area contributed by atoms with Crippen molar-refractivity contribution in [1.82, 2.24) is 20.0 Å². The molecule has 3 saturated heterocycles. The van der Waals surface area contributed by atoms with Gasteiger partial charge in [-0.1, -0.05) is 18.2 Å². The summed E-state index contributed by atoms with van der Waals surface area (Å²) >= 11 is 0. The molecule has 2 bridgehead atoms. The minimum Gasteiger partial charge on any atom is -0.459 e. The van der Waals surface area contributed by atoms with E-state index in [1.54, 1.807) is 0 Å². The van der Waals surface area contributed by atoms with E-state index in [-0.39, 0.29) is 24.0 Å². The van der Waals surface area contributed by atoms with Gasteiger partial charge in [0.1, 0.15) is 11.3 Å². The smallest absolute Gasteiger partial charge is 0.193 e. The highest BCUT2D eigenvalue weighted by Crippen LogP contribution is 2.20. The van der Waals surface area contributed by atoms with Gasteiger partial charge in [-0.25, -0.2) is 0 Å². The van der Waals surface area contributed by atoms with Gasteiger partial charge in [-0.3, -0.25) is 14.8 Å². The van der Waals surface area contributed by atoms with Crippen LogP contribution in [0.2, 0.25) is 0 Å². The van der Waals surface area contributed by atoms with Gasteiger partial charge in [0.2, 0.25) is 0 Å². The average Bonchev–Trinajstić information content (AvgIpc) is 3.05. The fourth-order valence-electron chi connectivity index (χ4n) is 3.94. The second-order valence-corrected chi connectivity index (χ2v) is 7.03. The molecule has 0 saturated carbocycles. The molecular formula is C19H28IN5O. The van der Waals surface area contributed by atoms with E-state index in [9.17, 15) is 0 Å². The van der Waals surface area contributed by atoms with Crippen molar-refractivity contribution in [3.05, 3.63) is 36.1 Å². The van der Waals surface area contributed by atoms with Crippen molar-refractivity contribution in [2.24, 2.45) is 4.99 Å². The maximum atomic E-state index is 5.93. The highest BCUT2D eigenvalue weighted by molar-refractivity contribution is 14.0. The molecule has 3 fully saturated rings. The molecule has 3 aliphatic heterocycles. The van der Waals surface area contributed by atoms with E-state index in [1.807, 2.05) is 25.2 Å². The number of hydrogen-bond acceptors (Lipinski definition) is 4. The Morgan fingerprint density at radius 1 is 1.27 bits per heavy atom. The van der Waals surface area contributed by atoms with Gasteiger partial charge in [0.25, 0.3) is 0 Å². The third-order valence-corrected chi connectivity index (χ3v) is 5.33. The molecule has 1 atom stereocenters. The van der Waals surface area contributed by atoms with Crippen LogP contribution in [0.1, 0.15) is 5.76 Å². The lowest BCUT2D eigenvalue weighted by Gasteiger charge is -2.47. The molecule has 26 heavy (non-hydrogen) atoms. The van der Waals surface area contributed by atoms with Crippen LogP contribution in [0.15, 0.2) is 39.7 Å². The Morgan fingerprint density at radius 3 is 2.69 bits per heavy atom. The van der Waals surface area contributed by atoms with Gasteiger partial charge in [-0.15, -0.1) is 24.0 Å². The fourth-order valence-corrected chi connectivity index (χ4v) is 3.94. The molecule has 0 radical (unpaired) electrons. The van der Waals surface area contributed by atoms with Crippen molar-refractivity contribution < 1.29 is 4.42 Å². The van der Waals surface area contributed by atoms with Crippen molar-refractivity contribution in [2.75, 3.05) is 53.4 Å². The van der Waals surface area contributed by atoms with E-state index in [4.69, 9.17) is 4.42 Å². The molecule has 7 heteroatoms. The molecule has 4 heterocycles. The summed E-state index contributed by atoms with van der Waals surface area (Å²) in [6.07, 6.45) is 0. The Bertz CT molecular complexity index is 720. The predicted molar refractivity (Wildman–Crippen MR) is 116 cm³/mol. The summed E-state index contributed by atoms with van der Waals surface area (Å²) < 4.78 is 5.93. The molecule has 0 amide bonds. The predicted octanol–water partition coefficient (Wildman–Crippen LogP) is 2.06. The molecular weight excluding hydrogens is 441 g/mol. The summed E-state index contributed by atoms with van der Waals surface area (Å²) in [6, 6.07) is 10.8. The Morgan fingerprint density at radius 2 is 2.04 bits per heavy atom. The largest absolute Gasteiger partial charge is 0.459 e. The van der Waals surface area contributed by atoms with Crippen LogP contribution < -0.4 is 5.32 Å². The van der Waals surface area contributed by atoms with E-state index >= 15 is 0 Å². The molecule has 142 valence electrons. The van der Waals surface area contributed by atoms with Crippen LogP contribution >= 0.6 is 24.0 Å². The van der Waals surface area contributed by atoms with Crippen LogP contribution in [-0.4, -0.2) is 80.1 Å². The molecule has 1 aromatic carbocycles. The first-order valence-corrected chi connectivity index (χ1v) is 9.08. The Kier molecular flexibility index (Phi) is 6.42. The molecule has 6 nitrogen and oxygen atoms in total. The minimum absolute atomic E-state index is 0. The lowest BCUT2D eigenvalue weighted by Crippen LogP contribution is -2.63. The quantitative estimate of drug-likeness (QED) is 0.422. The summed E-state index contributed by atoms with van der Waals surface area (Å²) in [5.74, 6) is 1.87. The normalized spacial score (nSPS) is 25.2. The molecule has 1 aromatic heterocycles. The van der Waals surface area contributed by atoms with E-state index in [1.165, 1.54) is 26.2 Å². The van der Waals surface area contributed by atoms with Gasteiger partial charge >= 0.3 is 0 Å². The lowest BCUT2D eigenvalue weighted by molar-refractivity contribution is 0.0152. The zero-order chi connectivity index (χ0) is 17.2. The van der Waals surface area contributed by atoms with Crippen molar-refractivity contribution in [2.45, 2.75) is 12.6 Å². The number of hydrogen-bond donors (Lipinski definition) is 1. The number of para-hydroxylation sites is 1. The lowest BCUT2D eigenvalue weighted by atomic mass is 10.1. The Balaban J connectivity index is 0.00000196. The highest BCUT2D eigenvalue weighted by Gasteiger charge is 2.31. The van der Waals surface area contributed by atoms with Gasteiger partial charge in [-0.05, 0) is 12.1 Å². The van der Waals surface area contributed by atoms with E-state index in [0.29, 0.717) is 12.6 Å². The number of halogens is 1. The second-order valence-electron chi connectivity index (χ2n) is 7.03. The van der Waals surface area contributed by atoms with Crippen LogP contribution in [0.3, 0.4) is 0 Å². The highest BCUT2D eigenvalue weighted by atomic mass is 127. The zero-order valence-corrected chi connectivity index (χ0v) is 17.8. The standard InChI is InChI=1S/C19H27N5O.HI/c1-20-19(21-12-16-13-23-7-9-24(16)10-8-23)22(2)14-17-11-15-5-3-4-6-18(15)25-17;/h3-6,11,16H,7-10,12-14H2,1-2H3,(H,20,21);1H. The average molecular weight is 469 g/mol. The number of guanidine groups is 1. The summed E-state index contributed by atoms with van der Waals surface area (Å²) in [5.41, 5.74) is 0.939. The SMILES string of the molecule is CN=C(NCC1CN2CCN1CC2)N(C)Cc1cc2ccccc2o1.I. The van der Waals surface area contributed by atoms with Crippen LogP contribution in [0.4, 0.5) is 0 Å². The molecule has 5 rings (SSSR count). The number of rotatable bonds is 4. The van der Waals surface area contributed by atoms with Crippen LogP contribution in [0, 0.1) is 0 Å². The van der Waals surface area contributed by atoms with Crippen molar-refractivity contribution in [1.29, 1.82) is 0 Å². The number of nitrogens with zero attached hydrogens (tertiary/aromatic N) is 4. The van der Waals surface area contributed by atoms with Crippen LogP contribution in [0.5, 0.6) is 0 Å². The third kappa shape index (κ3) is 4.15. The molecule has 1 unspecified atom stereocenters. The van der Waals surface area contributed by atoms with Crippen LogP contribution in [0.25, 0.3) is 11.0 Å². The van der Waals surface area contributed by atoms with Crippen molar-refractivity contribution in [3.63, 3.8) is 0 Å². The van der Waals surface area contributed by atoms with Gasteiger partial charge < -0.3 is 14.6 Å². The summed E-state index contributed by atoms with van der Waals surface area (Å²) in [5, 5.41) is 4.69. The van der Waals surface area contributed by atoms with E-state index in [0.717, 1.165) is 35.8 Å². The fraction of sp³-hybridized carbons (Fsp3) is 0.526. The first-order chi connectivity index (χ1) is 12.2. The number of aliphatic imine (C=N–C) groups is 1. The summed E-state index contributed by atoms with van der Waals surface area (Å²) in [4.78, 5) is 11.7. The number of benzene rings is 1. The maximum absolute atomic E-state index is 5.93. The Labute approximate surface area is 172 Å². The summed E-state index contributed by atoms with van der Waals surface area (Å²) in [7, 11) is 3.90. The molecule has 1 N–H and O–H groups in total. The van der Waals surface area contributed by atoms with E-state index < -0.39 is 0 Å². The van der Waals surface area contributed by atoms with E-state index in [2.05, 4.69) is 44.2 Å². The van der Waals surface area contributed by atoms with Crippen molar-refractivity contribution in [3.8, 4) is 0 Å². The number of fused-ring (bicyclic) bond motifs is 4. The van der Waals surface area contributed by atoms with Gasteiger partial charge in [0.15, 0.2) is 5.96 Å². The first kappa shape index (κ1) is 19.4. The third-order valence-electron chi connectivity index (χ3n) is 5.33. The minimum atomic E-state index is 0. The van der Waals surface area contributed by atoms with Crippen molar-refractivity contribution >= 4 is 40.9 Å². The van der Waals surface area contributed by atoms with Gasteiger partial charge in [-0.2, -0.15) is 0 Å². The second kappa shape index (κ2) is 8.58. The first-order valence-electron chi connectivity index (χ1n) is 9.08. The molecule has 3 aliphatic rings. The molecule has 0 aliphatic carbocycles. The number of nitrogens with one attached hydrogen (secondary N) is 1. The zero-order valence-electron chi connectivity index (χ0n) is 15.5. The molecule has 2 aromatic rings. The number of piperazine rings is 3. The maximum Gasteiger partial charge on any atom is 0.193 e.